The predicted octanol–water partition coefficient (Wildman–Crippen LogP) is 4.18. The third-order valence-corrected chi connectivity index (χ3v) is 5.75. The normalized spacial score (nSPS) is 12.9. The van der Waals surface area contributed by atoms with Crippen molar-refractivity contribution in [3.05, 3.63) is 63.8 Å². The number of aromatic nitrogens is 1. The maximum Gasteiger partial charge on any atom is 0.132 e. The Bertz CT molecular complexity index is 831. The van der Waals surface area contributed by atoms with Crippen molar-refractivity contribution in [1.82, 2.24) is 9.88 Å². The lowest BCUT2D eigenvalue weighted by Gasteiger charge is -2.18. The van der Waals surface area contributed by atoms with Crippen LogP contribution in [0.1, 0.15) is 21.9 Å². The molecule has 3 rings (SSSR count). The van der Waals surface area contributed by atoms with Crippen LogP contribution in [0.4, 0.5) is 0 Å². The summed E-state index contributed by atoms with van der Waals surface area (Å²) in [5.74, 6) is -0.153. The highest BCUT2D eigenvalue weighted by Gasteiger charge is 2.24. The summed E-state index contributed by atoms with van der Waals surface area (Å²) in [7, 11) is 4.16. The number of aliphatic hydroxyl groups is 1. The first kappa shape index (κ1) is 17.4. The molecule has 0 saturated heterocycles. The number of nitrogens with zero attached hydrogens (tertiary/aromatic N) is 2. The van der Waals surface area contributed by atoms with Crippen LogP contribution in [0.2, 0.25) is 5.15 Å². The summed E-state index contributed by atoms with van der Waals surface area (Å²) in [6.45, 7) is 0.986. The van der Waals surface area contributed by atoms with E-state index >= 15 is 0 Å². The molecule has 1 aromatic carbocycles. The van der Waals surface area contributed by atoms with Gasteiger partial charge in [-0.15, -0.1) is 11.3 Å². The number of halogens is 1. The molecule has 5 heteroatoms. The highest BCUT2D eigenvalue weighted by molar-refractivity contribution is 7.19. The van der Waals surface area contributed by atoms with Crippen molar-refractivity contribution in [1.29, 1.82) is 0 Å². The third kappa shape index (κ3) is 3.47. The number of fused-ring (bicyclic) bond motifs is 1. The fourth-order valence-electron chi connectivity index (χ4n) is 3.01. The average molecular weight is 361 g/mol. The Morgan fingerprint density at radius 3 is 2.71 bits per heavy atom. The topological polar surface area (TPSA) is 36.4 Å². The molecule has 0 saturated carbocycles. The first-order chi connectivity index (χ1) is 11.6. The molecule has 1 unspecified atom stereocenters. The van der Waals surface area contributed by atoms with E-state index < -0.39 is 0 Å². The SMILES string of the molecule is CN(C)CCc1sc2ccccc2c1C(CO)c1cccnc1Cl. The van der Waals surface area contributed by atoms with Gasteiger partial charge in [-0.2, -0.15) is 0 Å². The van der Waals surface area contributed by atoms with Crippen molar-refractivity contribution < 1.29 is 5.11 Å². The first-order valence-corrected chi connectivity index (χ1v) is 9.17. The number of thiophene rings is 1. The Kier molecular flexibility index (Phi) is 5.51. The van der Waals surface area contributed by atoms with Crippen molar-refractivity contribution in [2.75, 3.05) is 27.2 Å². The molecule has 0 spiro atoms. The second kappa shape index (κ2) is 7.62. The van der Waals surface area contributed by atoms with Gasteiger partial charge in [0.05, 0.1) is 6.61 Å². The Labute approximate surface area is 151 Å². The van der Waals surface area contributed by atoms with E-state index in [2.05, 4.69) is 42.2 Å². The first-order valence-electron chi connectivity index (χ1n) is 7.98. The molecule has 0 aliphatic carbocycles. The Morgan fingerprint density at radius 2 is 2.00 bits per heavy atom. The maximum absolute atomic E-state index is 10.1. The smallest absolute Gasteiger partial charge is 0.132 e. The second-order valence-corrected chi connectivity index (χ2v) is 7.60. The van der Waals surface area contributed by atoms with Crippen molar-refractivity contribution in [2.24, 2.45) is 0 Å². The number of aliphatic hydroxyl groups excluding tert-OH is 1. The molecule has 2 aromatic heterocycles. The van der Waals surface area contributed by atoms with E-state index in [9.17, 15) is 5.11 Å². The molecule has 0 bridgehead atoms. The molecule has 126 valence electrons. The summed E-state index contributed by atoms with van der Waals surface area (Å²) in [5.41, 5.74) is 2.08. The molecule has 0 radical (unpaired) electrons. The van der Waals surface area contributed by atoms with Crippen molar-refractivity contribution >= 4 is 33.0 Å². The van der Waals surface area contributed by atoms with E-state index in [1.54, 1.807) is 6.20 Å². The van der Waals surface area contributed by atoms with Gasteiger partial charge in [-0.25, -0.2) is 4.98 Å². The standard InChI is InChI=1S/C19H21ClN2OS/c1-22(2)11-9-17-18(14-6-3-4-8-16(14)24-17)15(12-23)13-7-5-10-21-19(13)20/h3-8,10,15,23H,9,11-12H2,1-2H3. The highest BCUT2D eigenvalue weighted by atomic mass is 35.5. The van der Waals surface area contributed by atoms with Crippen LogP contribution < -0.4 is 0 Å². The Balaban J connectivity index is 2.14. The largest absolute Gasteiger partial charge is 0.395 e. The summed E-state index contributed by atoms with van der Waals surface area (Å²) >= 11 is 8.13. The van der Waals surface area contributed by atoms with Gasteiger partial charge in [-0.1, -0.05) is 35.9 Å². The van der Waals surface area contributed by atoms with Crippen LogP contribution in [0.3, 0.4) is 0 Å². The molecular weight excluding hydrogens is 340 g/mol. The van der Waals surface area contributed by atoms with Gasteiger partial charge >= 0.3 is 0 Å². The molecule has 0 fully saturated rings. The quantitative estimate of drug-likeness (QED) is 0.670. The Hall–Kier alpha value is -1.46. The maximum atomic E-state index is 10.1. The number of hydrogen-bond donors (Lipinski definition) is 1. The van der Waals surface area contributed by atoms with E-state index in [0.29, 0.717) is 5.15 Å². The molecule has 0 amide bonds. The van der Waals surface area contributed by atoms with Crippen LogP contribution in [-0.2, 0) is 6.42 Å². The lowest BCUT2D eigenvalue weighted by molar-refractivity contribution is 0.280. The molecule has 1 N–H and O–H groups in total. The summed E-state index contributed by atoms with van der Waals surface area (Å²) in [6.07, 6.45) is 2.63. The minimum absolute atomic E-state index is 0.0150. The summed E-state index contributed by atoms with van der Waals surface area (Å²) in [4.78, 5) is 7.68. The zero-order chi connectivity index (χ0) is 17.1. The van der Waals surface area contributed by atoms with Crippen LogP contribution in [0.15, 0.2) is 42.6 Å². The van der Waals surface area contributed by atoms with Crippen molar-refractivity contribution in [2.45, 2.75) is 12.3 Å². The van der Waals surface area contributed by atoms with Gasteiger partial charge in [0.2, 0.25) is 0 Å². The van der Waals surface area contributed by atoms with Crippen LogP contribution in [0.5, 0.6) is 0 Å². The number of pyridine rings is 1. The van der Waals surface area contributed by atoms with Gasteiger partial charge < -0.3 is 10.0 Å². The van der Waals surface area contributed by atoms with E-state index in [0.717, 1.165) is 18.5 Å². The predicted molar refractivity (Wildman–Crippen MR) is 102 cm³/mol. The average Bonchev–Trinajstić information content (AvgIpc) is 2.94. The molecule has 2 heterocycles. The third-order valence-electron chi connectivity index (χ3n) is 4.19. The van der Waals surface area contributed by atoms with Crippen LogP contribution in [-0.4, -0.2) is 42.2 Å². The summed E-state index contributed by atoms with van der Waals surface area (Å²) in [6, 6.07) is 12.2. The zero-order valence-corrected chi connectivity index (χ0v) is 15.4. The lowest BCUT2D eigenvalue weighted by atomic mass is 9.90. The van der Waals surface area contributed by atoms with Crippen LogP contribution in [0, 0.1) is 0 Å². The summed E-state index contributed by atoms with van der Waals surface area (Å²) < 4.78 is 1.25. The second-order valence-electron chi connectivity index (χ2n) is 6.11. The molecule has 3 nitrogen and oxygen atoms in total. The highest BCUT2D eigenvalue weighted by Crippen LogP contribution is 2.40. The van der Waals surface area contributed by atoms with E-state index in [4.69, 9.17) is 11.6 Å². The van der Waals surface area contributed by atoms with Crippen LogP contribution >= 0.6 is 22.9 Å². The van der Waals surface area contributed by atoms with Gasteiger partial charge in [0.15, 0.2) is 0 Å². The van der Waals surface area contributed by atoms with E-state index in [1.807, 2.05) is 29.5 Å². The number of likely N-dealkylation sites (N-methyl/N-ethyl adjacent to an activating group) is 1. The number of hydrogen-bond acceptors (Lipinski definition) is 4. The van der Waals surface area contributed by atoms with E-state index in [-0.39, 0.29) is 12.5 Å². The lowest BCUT2D eigenvalue weighted by Crippen LogP contribution is -2.16. The monoisotopic (exact) mass is 360 g/mol. The Morgan fingerprint density at radius 1 is 1.21 bits per heavy atom. The number of benzene rings is 1. The minimum Gasteiger partial charge on any atom is -0.395 e. The van der Waals surface area contributed by atoms with Gasteiger partial charge in [0.25, 0.3) is 0 Å². The van der Waals surface area contributed by atoms with Gasteiger partial charge in [0, 0.05) is 28.2 Å². The fourth-order valence-corrected chi connectivity index (χ4v) is 4.52. The molecule has 24 heavy (non-hydrogen) atoms. The van der Waals surface area contributed by atoms with Crippen LogP contribution in [0.25, 0.3) is 10.1 Å². The minimum atomic E-state index is -0.153. The van der Waals surface area contributed by atoms with Gasteiger partial charge in [0.1, 0.15) is 5.15 Å². The molecule has 0 aliphatic rings. The fraction of sp³-hybridized carbons (Fsp3) is 0.316. The zero-order valence-electron chi connectivity index (χ0n) is 13.9. The van der Waals surface area contributed by atoms with E-state index in [1.165, 1.54) is 20.5 Å². The number of rotatable bonds is 6. The molecule has 1 atom stereocenters. The molecule has 3 aromatic rings. The van der Waals surface area contributed by atoms with Crippen molar-refractivity contribution in [3.63, 3.8) is 0 Å². The van der Waals surface area contributed by atoms with Gasteiger partial charge in [-0.05, 0) is 49.2 Å². The molecule has 0 aliphatic heterocycles. The molecular formula is C19H21ClN2OS. The summed E-state index contributed by atoms with van der Waals surface area (Å²) in [5, 5.41) is 11.8. The van der Waals surface area contributed by atoms with Gasteiger partial charge in [-0.3, -0.25) is 0 Å². The van der Waals surface area contributed by atoms with Crippen molar-refractivity contribution in [3.8, 4) is 0 Å².